The second-order valence-electron chi connectivity index (χ2n) is 6.67. The van der Waals surface area contributed by atoms with E-state index in [9.17, 15) is 14.3 Å². The first-order valence-electron chi connectivity index (χ1n) is 8.63. The van der Waals surface area contributed by atoms with Gasteiger partial charge in [-0.1, -0.05) is 12.1 Å². The number of para-hydroxylation sites is 1. The summed E-state index contributed by atoms with van der Waals surface area (Å²) < 4.78 is 18.8. The fourth-order valence-corrected chi connectivity index (χ4v) is 3.82. The third kappa shape index (κ3) is 3.54. The van der Waals surface area contributed by atoms with Crippen molar-refractivity contribution in [2.45, 2.75) is 43.9 Å². The van der Waals surface area contributed by atoms with Gasteiger partial charge in [-0.2, -0.15) is 0 Å². The van der Waals surface area contributed by atoms with Crippen LogP contribution in [-0.4, -0.2) is 65.7 Å². The minimum absolute atomic E-state index is 0.0705. The predicted molar refractivity (Wildman–Crippen MR) is 88.3 cm³/mol. The lowest BCUT2D eigenvalue weighted by atomic mass is 10.1. The Hall–Kier alpha value is -1.66. The number of nitrogens with zero attached hydrogens (tertiary/aromatic N) is 2. The van der Waals surface area contributed by atoms with Gasteiger partial charge < -0.3 is 14.7 Å². The summed E-state index contributed by atoms with van der Waals surface area (Å²) in [5.41, 5.74) is 0. The van der Waals surface area contributed by atoms with Gasteiger partial charge in [0, 0.05) is 13.1 Å². The smallest absolute Gasteiger partial charge is 0.260 e. The molecule has 2 fully saturated rings. The van der Waals surface area contributed by atoms with E-state index in [1.807, 2.05) is 0 Å². The van der Waals surface area contributed by atoms with E-state index in [1.165, 1.54) is 25.0 Å². The Bertz CT molecular complexity index is 577. The van der Waals surface area contributed by atoms with Crippen molar-refractivity contribution in [2.24, 2.45) is 0 Å². The van der Waals surface area contributed by atoms with E-state index in [4.69, 9.17) is 4.74 Å². The monoisotopic (exact) mass is 336 g/mol. The highest BCUT2D eigenvalue weighted by Gasteiger charge is 2.41. The average molecular weight is 336 g/mol. The maximum atomic E-state index is 13.5. The number of benzene rings is 1. The fraction of sp³-hybridized carbons (Fsp3) is 0.611. The number of halogens is 1. The third-order valence-electron chi connectivity index (χ3n) is 5.23. The Kier molecular flexibility index (Phi) is 5.36. The Labute approximate surface area is 142 Å². The van der Waals surface area contributed by atoms with Crippen molar-refractivity contribution < 1.29 is 19.0 Å². The largest absolute Gasteiger partial charge is 0.481 e. The molecule has 132 valence electrons. The van der Waals surface area contributed by atoms with Crippen molar-refractivity contribution in [3.05, 3.63) is 30.1 Å². The minimum atomic E-state index is -0.537. The molecule has 1 amide bonds. The third-order valence-corrected chi connectivity index (χ3v) is 5.23. The first kappa shape index (κ1) is 17.2. The van der Waals surface area contributed by atoms with Gasteiger partial charge in [-0.3, -0.25) is 9.69 Å². The minimum Gasteiger partial charge on any atom is -0.481 e. The number of amides is 1. The molecular weight excluding hydrogens is 311 g/mol. The molecular formula is C18H25FN2O3. The van der Waals surface area contributed by atoms with Crippen LogP contribution >= 0.6 is 0 Å². The molecule has 1 aliphatic carbocycles. The van der Waals surface area contributed by atoms with Gasteiger partial charge in [-0.15, -0.1) is 0 Å². The van der Waals surface area contributed by atoms with E-state index in [0.29, 0.717) is 0 Å². The number of carbonyl (C=O) groups is 1. The number of rotatable bonds is 5. The molecule has 1 saturated heterocycles. The quantitative estimate of drug-likeness (QED) is 0.888. The standard InChI is InChI=1S/C18H25FN2O3/c1-20(17(22)12-24-16-7-3-2-6-13(16)19)14-8-9-15(18(14)23)21-10-4-5-11-21/h2-3,6-7,14-15,18,23H,4-5,8-12H2,1H3/t14-,15-,18-/m1/s1. The topological polar surface area (TPSA) is 53.0 Å². The lowest BCUT2D eigenvalue weighted by Crippen LogP contribution is -2.49. The van der Waals surface area contributed by atoms with Crippen LogP contribution in [0.4, 0.5) is 4.39 Å². The normalized spacial score (nSPS) is 27.4. The summed E-state index contributed by atoms with van der Waals surface area (Å²) >= 11 is 0. The number of likely N-dealkylation sites (N-methyl/N-ethyl adjacent to an activating group) is 1. The molecule has 3 rings (SSSR count). The molecule has 5 nitrogen and oxygen atoms in total. The van der Waals surface area contributed by atoms with Gasteiger partial charge in [0.1, 0.15) is 0 Å². The predicted octanol–water partition coefficient (Wildman–Crippen LogP) is 1.65. The number of ether oxygens (including phenoxy) is 1. The summed E-state index contributed by atoms with van der Waals surface area (Å²) in [6.45, 7) is 1.83. The van der Waals surface area contributed by atoms with Gasteiger partial charge in [-0.25, -0.2) is 4.39 Å². The van der Waals surface area contributed by atoms with E-state index in [-0.39, 0.29) is 30.3 Å². The second-order valence-corrected chi connectivity index (χ2v) is 6.67. The van der Waals surface area contributed by atoms with Crippen LogP contribution in [0.2, 0.25) is 0 Å². The highest BCUT2D eigenvalue weighted by Crippen LogP contribution is 2.30. The maximum Gasteiger partial charge on any atom is 0.260 e. The van der Waals surface area contributed by atoms with Crippen LogP contribution in [0.1, 0.15) is 25.7 Å². The molecule has 1 N–H and O–H groups in total. The molecule has 0 bridgehead atoms. The summed E-state index contributed by atoms with van der Waals surface area (Å²) in [5.74, 6) is -0.659. The zero-order chi connectivity index (χ0) is 17.1. The van der Waals surface area contributed by atoms with Crippen LogP contribution in [-0.2, 0) is 4.79 Å². The lowest BCUT2D eigenvalue weighted by Gasteiger charge is -2.32. The van der Waals surface area contributed by atoms with Crippen LogP contribution in [0.25, 0.3) is 0 Å². The number of carbonyl (C=O) groups excluding carboxylic acids is 1. The molecule has 1 aromatic carbocycles. The summed E-state index contributed by atoms with van der Waals surface area (Å²) in [6, 6.07) is 5.96. The molecule has 0 unspecified atom stereocenters. The van der Waals surface area contributed by atoms with Crippen LogP contribution < -0.4 is 4.74 Å². The van der Waals surface area contributed by atoms with Gasteiger partial charge in [0.15, 0.2) is 18.2 Å². The Balaban J connectivity index is 1.54. The van der Waals surface area contributed by atoms with Gasteiger partial charge >= 0.3 is 0 Å². The van der Waals surface area contributed by atoms with E-state index < -0.39 is 11.9 Å². The molecule has 0 radical (unpaired) electrons. The summed E-state index contributed by atoms with van der Waals surface area (Å²) in [4.78, 5) is 16.2. The number of aliphatic hydroxyl groups is 1. The number of hydrogen-bond donors (Lipinski definition) is 1. The van der Waals surface area contributed by atoms with Gasteiger partial charge in [0.25, 0.3) is 5.91 Å². The van der Waals surface area contributed by atoms with Crippen molar-refractivity contribution in [1.29, 1.82) is 0 Å². The summed E-state index contributed by atoms with van der Waals surface area (Å²) in [7, 11) is 1.69. The molecule has 1 aromatic rings. The van der Waals surface area contributed by atoms with Crippen LogP contribution in [0.5, 0.6) is 5.75 Å². The highest BCUT2D eigenvalue weighted by atomic mass is 19.1. The van der Waals surface area contributed by atoms with E-state index in [1.54, 1.807) is 24.1 Å². The highest BCUT2D eigenvalue weighted by molar-refractivity contribution is 5.78. The second kappa shape index (κ2) is 7.49. The molecule has 1 aliphatic heterocycles. The van der Waals surface area contributed by atoms with Gasteiger partial charge in [0.05, 0.1) is 12.1 Å². The number of likely N-dealkylation sites (tertiary alicyclic amines) is 1. The molecule has 3 atom stereocenters. The van der Waals surface area contributed by atoms with E-state index in [2.05, 4.69) is 4.90 Å². The first-order valence-corrected chi connectivity index (χ1v) is 8.63. The summed E-state index contributed by atoms with van der Waals surface area (Å²) in [6.07, 6.45) is 3.51. The maximum absolute atomic E-state index is 13.5. The molecule has 0 aromatic heterocycles. The van der Waals surface area contributed by atoms with Crippen molar-refractivity contribution >= 4 is 5.91 Å². The van der Waals surface area contributed by atoms with Crippen molar-refractivity contribution in [2.75, 3.05) is 26.7 Å². The average Bonchev–Trinajstić information content (AvgIpc) is 3.22. The first-order chi connectivity index (χ1) is 11.6. The molecule has 0 spiro atoms. The Morgan fingerprint density at radius 3 is 2.75 bits per heavy atom. The lowest BCUT2D eigenvalue weighted by molar-refractivity contribution is -0.136. The van der Waals surface area contributed by atoms with Gasteiger partial charge in [-0.05, 0) is 50.9 Å². The Morgan fingerprint density at radius 2 is 2.04 bits per heavy atom. The molecule has 1 heterocycles. The van der Waals surface area contributed by atoms with Gasteiger partial charge in [0.2, 0.25) is 0 Å². The Morgan fingerprint density at radius 1 is 1.33 bits per heavy atom. The van der Waals surface area contributed by atoms with Crippen LogP contribution in [0.3, 0.4) is 0 Å². The van der Waals surface area contributed by atoms with Crippen molar-refractivity contribution in [1.82, 2.24) is 9.80 Å². The van der Waals surface area contributed by atoms with E-state index in [0.717, 1.165) is 25.9 Å². The SMILES string of the molecule is CN(C(=O)COc1ccccc1F)[C@@H]1CC[C@@H](N2CCCC2)[C@@H]1O. The summed E-state index contributed by atoms with van der Waals surface area (Å²) in [5, 5.41) is 10.6. The number of hydrogen-bond acceptors (Lipinski definition) is 4. The van der Waals surface area contributed by atoms with E-state index >= 15 is 0 Å². The zero-order valence-corrected chi connectivity index (χ0v) is 14.0. The van der Waals surface area contributed by atoms with Crippen molar-refractivity contribution in [3.8, 4) is 5.75 Å². The molecule has 1 saturated carbocycles. The van der Waals surface area contributed by atoms with Crippen LogP contribution in [0.15, 0.2) is 24.3 Å². The molecule has 6 heteroatoms. The molecule has 24 heavy (non-hydrogen) atoms. The zero-order valence-electron chi connectivity index (χ0n) is 14.0. The molecule has 2 aliphatic rings. The fourth-order valence-electron chi connectivity index (χ4n) is 3.82. The van der Waals surface area contributed by atoms with Crippen molar-refractivity contribution in [3.63, 3.8) is 0 Å². The van der Waals surface area contributed by atoms with Crippen LogP contribution in [0, 0.1) is 5.82 Å². The number of aliphatic hydroxyl groups excluding tert-OH is 1.